The zero-order valence-corrected chi connectivity index (χ0v) is 12.5. The number of thiazole rings is 1. The van der Waals surface area contributed by atoms with Crippen LogP contribution in [0.4, 0.5) is 5.69 Å². The van der Waals surface area contributed by atoms with Gasteiger partial charge in [0.25, 0.3) is 10.0 Å². The van der Waals surface area contributed by atoms with Crippen molar-refractivity contribution >= 4 is 27.0 Å². The summed E-state index contributed by atoms with van der Waals surface area (Å²) in [5.74, 6) is 0. The highest BCUT2D eigenvalue weighted by molar-refractivity contribution is 7.91. The van der Waals surface area contributed by atoms with Gasteiger partial charge >= 0.3 is 4.87 Å². The van der Waals surface area contributed by atoms with Crippen LogP contribution in [0.5, 0.6) is 0 Å². The van der Waals surface area contributed by atoms with Crippen molar-refractivity contribution in [3.8, 4) is 0 Å². The van der Waals surface area contributed by atoms with E-state index in [-0.39, 0.29) is 15.6 Å². The number of hydrogen-bond donors (Lipinski definition) is 3. The quantitative estimate of drug-likeness (QED) is 0.712. The Labute approximate surface area is 120 Å². The van der Waals surface area contributed by atoms with E-state index in [0.29, 0.717) is 29.1 Å². The lowest BCUT2D eigenvalue weighted by molar-refractivity contribution is 0.583. The smallest absolute Gasteiger partial charge is 0.305 e. The number of nitrogens with one attached hydrogen (secondary N) is 2. The lowest BCUT2D eigenvalue weighted by Gasteiger charge is -2.05. The van der Waals surface area contributed by atoms with Crippen molar-refractivity contribution < 1.29 is 8.42 Å². The van der Waals surface area contributed by atoms with Crippen LogP contribution in [-0.2, 0) is 16.4 Å². The highest BCUT2D eigenvalue weighted by atomic mass is 32.2. The van der Waals surface area contributed by atoms with Gasteiger partial charge in [-0.2, -0.15) is 0 Å². The molecule has 1 heterocycles. The molecule has 6 nitrogen and oxygen atoms in total. The molecule has 0 saturated heterocycles. The van der Waals surface area contributed by atoms with Crippen LogP contribution in [0, 0.1) is 6.92 Å². The molecular formula is C12H15N3O3S2. The molecule has 0 unspecified atom stereocenters. The number of hydrogen-bond acceptors (Lipinski definition) is 5. The van der Waals surface area contributed by atoms with Crippen LogP contribution >= 0.6 is 11.3 Å². The summed E-state index contributed by atoms with van der Waals surface area (Å²) in [5.41, 5.74) is 7.59. The second-order valence-corrected chi connectivity index (χ2v) is 7.26. The summed E-state index contributed by atoms with van der Waals surface area (Å²) < 4.78 is 26.6. The molecule has 0 bridgehead atoms. The van der Waals surface area contributed by atoms with Crippen molar-refractivity contribution in [1.82, 2.24) is 9.71 Å². The Morgan fingerprint density at radius 3 is 2.50 bits per heavy atom. The first-order valence-corrected chi connectivity index (χ1v) is 8.22. The van der Waals surface area contributed by atoms with Crippen LogP contribution < -0.4 is 15.3 Å². The maximum atomic E-state index is 12.0. The molecule has 108 valence electrons. The number of rotatable bonds is 5. The number of aromatic amines is 1. The van der Waals surface area contributed by atoms with E-state index in [4.69, 9.17) is 5.73 Å². The van der Waals surface area contributed by atoms with Gasteiger partial charge in [0.05, 0.1) is 0 Å². The van der Waals surface area contributed by atoms with Gasteiger partial charge in [-0.3, -0.25) is 4.79 Å². The minimum Gasteiger partial charge on any atom is -0.399 e. The zero-order chi connectivity index (χ0) is 14.8. The molecule has 0 aliphatic heterocycles. The molecule has 4 N–H and O–H groups in total. The summed E-state index contributed by atoms with van der Waals surface area (Å²) >= 11 is 0.691. The lowest BCUT2D eigenvalue weighted by atomic mass is 10.1. The Morgan fingerprint density at radius 1 is 1.30 bits per heavy atom. The number of nitrogen functional groups attached to an aromatic ring is 1. The fourth-order valence-corrected chi connectivity index (χ4v) is 4.10. The molecule has 2 aromatic rings. The van der Waals surface area contributed by atoms with Gasteiger partial charge in [0.2, 0.25) is 0 Å². The third-order valence-corrected chi connectivity index (χ3v) is 5.78. The Bertz CT molecular complexity index is 745. The molecule has 0 radical (unpaired) electrons. The van der Waals surface area contributed by atoms with Crippen molar-refractivity contribution in [3.63, 3.8) is 0 Å². The van der Waals surface area contributed by atoms with Crippen molar-refractivity contribution in [1.29, 1.82) is 0 Å². The summed E-state index contributed by atoms with van der Waals surface area (Å²) in [4.78, 5) is 13.2. The summed E-state index contributed by atoms with van der Waals surface area (Å²) in [6.07, 6.45) is 0.553. The SMILES string of the molecule is Cc1[nH]c(=O)sc1S(=O)(=O)NCCc1ccc(N)cc1. The molecule has 1 aromatic carbocycles. The van der Waals surface area contributed by atoms with Crippen molar-refractivity contribution in [2.75, 3.05) is 12.3 Å². The lowest BCUT2D eigenvalue weighted by Crippen LogP contribution is -2.25. The van der Waals surface area contributed by atoms with Crippen LogP contribution in [-0.4, -0.2) is 19.9 Å². The third kappa shape index (κ3) is 3.47. The normalized spacial score (nSPS) is 11.7. The van der Waals surface area contributed by atoms with Crippen LogP contribution in [0.25, 0.3) is 0 Å². The molecule has 0 aliphatic rings. The van der Waals surface area contributed by atoms with E-state index >= 15 is 0 Å². The topological polar surface area (TPSA) is 105 Å². The van der Waals surface area contributed by atoms with E-state index < -0.39 is 10.0 Å². The van der Waals surface area contributed by atoms with Gasteiger partial charge in [0.1, 0.15) is 0 Å². The molecule has 0 atom stereocenters. The van der Waals surface area contributed by atoms with Gasteiger partial charge in [-0.05, 0) is 31.0 Å². The standard InChI is InChI=1S/C12H15N3O3S2/c1-8-11(19-12(16)15-8)20(17,18)14-7-6-9-2-4-10(13)5-3-9/h2-5,14H,6-7,13H2,1H3,(H,15,16). The van der Waals surface area contributed by atoms with Crippen LogP contribution in [0.15, 0.2) is 33.3 Å². The number of sulfonamides is 1. The average Bonchev–Trinajstić information content (AvgIpc) is 2.72. The predicted octanol–water partition coefficient (Wildman–Crippen LogP) is 0.848. The third-order valence-electron chi connectivity index (χ3n) is 2.71. The first-order valence-electron chi connectivity index (χ1n) is 5.92. The largest absolute Gasteiger partial charge is 0.399 e. The average molecular weight is 313 g/mol. The number of nitrogens with two attached hydrogens (primary N) is 1. The second-order valence-electron chi connectivity index (χ2n) is 4.32. The molecule has 0 spiro atoms. The fraction of sp³-hybridized carbons (Fsp3) is 0.250. The van der Waals surface area contributed by atoms with E-state index in [2.05, 4.69) is 9.71 Å². The Kier molecular flexibility index (Phi) is 4.26. The number of anilines is 1. The Morgan fingerprint density at radius 2 is 1.95 bits per heavy atom. The van der Waals surface area contributed by atoms with E-state index in [9.17, 15) is 13.2 Å². The van der Waals surface area contributed by atoms with Gasteiger partial charge < -0.3 is 10.7 Å². The Hall–Kier alpha value is -1.64. The molecule has 0 saturated carbocycles. The molecule has 20 heavy (non-hydrogen) atoms. The van der Waals surface area contributed by atoms with Gasteiger partial charge in [-0.25, -0.2) is 13.1 Å². The van der Waals surface area contributed by atoms with Crippen LogP contribution in [0.1, 0.15) is 11.3 Å². The van der Waals surface area contributed by atoms with Crippen LogP contribution in [0.3, 0.4) is 0 Å². The predicted molar refractivity (Wildman–Crippen MR) is 79.4 cm³/mol. The first kappa shape index (κ1) is 14.8. The Balaban J connectivity index is 2.01. The maximum Gasteiger partial charge on any atom is 0.305 e. The number of H-pyrrole nitrogens is 1. The second kappa shape index (κ2) is 5.78. The minimum atomic E-state index is -3.64. The minimum absolute atomic E-state index is 0.0415. The van der Waals surface area contributed by atoms with Crippen LogP contribution in [0.2, 0.25) is 0 Å². The summed E-state index contributed by atoms with van der Waals surface area (Å²) in [6, 6.07) is 7.24. The monoisotopic (exact) mass is 313 g/mol. The first-order chi connectivity index (χ1) is 9.38. The maximum absolute atomic E-state index is 12.0. The summed E-state index contributed by atoms with van der Waals surface area (Å²) in [6.45, 7) is 1.82. The molecular weight excluding hydrogens is 298 g/mol. The number of aryl methyl sites for hydroxylation is 1. The highest BCUT2D eigenvalue weighted by Gasteiger charge is 2.19. The van der Waals surface area contributed by atoms with Crippen molar-refractivity contribution in [3.05, 3.63) is 45.2 Å². The number of benzene rings is 1. The van der Waals surface area contributed by atoms with Gasteiger partial charge in [0.15, 0.2) is 4.21 Å². The summed E-state index contributed by atoms with van der Waals surface area (Å²) in [5, 5.41) is 0. The van der Waals surface area contributed by atoms with E-state index in [1.54, 1.807) is 19.1 Å². The summed E-state index contributed by atoms with van der Waals surface area (Å²) in [7, 11) is -3.64. The van der Waals surface area contributed by atoms with E-state index in [1.807, 2.05) is 12.1 Å². The zero-order valence-electron chi connectivity index (χ0n) is 10.8. The van der Waals surface area contributed by atoms with Gasteiger partial charge in [0, 0.05) is 17.9 Å². The molecule has 2 rings (SSSR count). The number of aromatic nitrogens is 1. The molecule has 0 amide bonds. The van der Waals surface area contributed by atoms with Gasteiger partial charge in [-0.1, -0.05) is 23.5 Å². The van der Waals surface area contributed by atoms with E-state index in [0.717, 1.165) is 5.56 Å². The fourth-order valence-electron chi connectivity index (χ4n) is 1.73. The van der Waals surface area contributed by atoms with Crippen molar-refractivity contribution in [2.24, 2.45) is 0 Å². The van der Waals surface area contributed by atoms with Gasteiger partial charge in [-0.15, -0.1) is 0 Å². The molecule has 0 fully saturated rings. The molecule has 8 heteroatoms. The van der Waals surface area contributed by atoms with E-state index in [1.165, 1.54) is 0 Å². The highest BCUT2D eigenvalue weighted by Crippen LogP contribution is 2.15. The molecule has 1 aromatic heterocycles. The molecule has 0 aliphatic carbocycles. The van der Waals surface area contributed by atoms with Crippen molar-refractivity contribution in [2.45, 2.75) is 17.6 Å².